The number of aliphatic hydroxyl groups is 1. The van der Waals surface area contributed by atoms with Crippen LogP contribution in [0.3, 0.4) is 0 Å². The number of hydrogen-bond donors (Lipinski definition) is 3. The smallest absolute Gasteiger partial charge is 0.251 e. The van der Waals surface area contributed by atoms with Crippen LogP contribution in [0.1, 0.15) is 21.5 Å². The third kappa shape index (κ3) is 5.28. The molecule has 1 atom stereocenters. The topological polar surface area (TPSA) is 78.4 Å². The van der Waals surface area contributed by atoms with E-state index in [2.05, 4.69) is 10.6 Å². The molecule has 3 rings (SSSR count). The summed E-state index contributed by atoms with van der Waals surface area (Å²) in [6.07, 6.45) is 0.366. The number of hydrogen-bond acceptors (Lipinski definition) is 3. The van der Waals surface area contributed by atoms with Gasteiger partial charge < -0.3 is 15.7 Å². The van der Waals surface area contributed by atoms with Crippen LogP contribution in [-0.4, -0.2) is 23.0 Å². The molecule has 28 heavy (non-hydrogen) atoms. The summed E-state index contributed by atoms with van der Waals surface area (Å²) in [7, 11) is 0. The highest BCUT2D eigenvalue weighted by Crippen LogP contribution is 2.13. The maximum absolute atomic E-state index is 12.9. The second kappa shape index (κ2) is 9.48. The van der Waals surface area contributed by atoms with Crippen molar-refractivity contribution in [3.63, 3.8) is 0 Å². The molecule has 0 unspecified atom stereocenters. The molecule has 0 aromatic heterocycles. The van der Waals surface area contributed by atoms with Crippen molar-refractivity contribution in [2.24, 2.45) is 0 Å². The molecular weight excluding hydrogens is 352 g/mol. The Morgan fingerprint density at radius 1 is 0.821 bits per heavy atom. The summed E-state index contributed by atoms with van der Waals surface area (Å²) < 4.78 is 0. The molecule has 3 aromatic carbocycles. The molecule has 142 valence electrons. The van der Waals surface area contributed by atoms with Crippen LogP contribution in [0, 0.1) is 0 Å². The van der Waals surface area contributed by atoms with E-state index in [-0.39, 0.29) is 18.4 Å². The number of nitrogens with one attached hydrogen (secondary N) is 2. The summed E-state index contributed by atoms with van der Waals surface area (Å²) in [5.41, 5.74) is 2.71. The van der Waals surface area contributed by atoms with Crippen LogP contribution < -0.4 is 10.6 Å². The van der Waals surface area contributed by atoms with E-state index >= 15 is 0 Å². The highest BCUT2D eigenvalue weighted by Gasteiger charge is 2.22. The van der Waals surface area contributed by atoms with Gasteiger partial charge in [-0.25, -0.2) is 0 Å². The van der Waals surface area contributed by atoms with Crippen LogP contribution in [0.2, 0.25) is 0 Å². The highest BCUT2D eigenvalue weighted by atomic mass is 16.3. The Labute approximate surface area is 164 Å². The molecule has 3 aromatic rings. The molecule has 0 heterocycles. The first-order chi connectivity index (χ1) is 13.7. The standard InChI is InChI=1S/C23H22N2O3/c26-16-18-10-7-13-20(14-18)24-23(28)21(15-17-8-3-1-4-9-17)25-22(27)19-11-5-2-6-12-19/h1-14,21,26H,15-16H2,(H,24,28)(H,25,27)/t21-/m0/s1. The molecule has 0 bridgehead atoms. The lowest BCUT2D eigenvalue weighted by atomic mass is 10.0. The molecule has 0 radical (unpaired) electrons. The molecule has 5 nitrogen and oxygen atoms in total. The molecule has 0 saturated heterocycles. The van der Waals surface area contributed by atoms with E-state index in [4.69, 9.17) is 0 Å². The largest absolute Gasteiger partial charge is 0.392 e. The van der Waals surface area contributed by atoms with Crippen molar-refractivity contribution < 1.29 is 14.7 Å². The maximum Gasteiger partial charge on any atom is 0.251 e. The third-order valence-corrected chi connectivity index (χ3v) is 4.32. The predicted octanol–water partition coefficient (Wildman–Crippen LogP) is 3.16. The van der Waals surface area contributed by atoms with Crippen LogP contribution in [0.15, 0.2) is 84.9 Å². The molecule has 0 fully saturated rings. The minimum Gasteiger partial charge on any atom is -0.392 e. The Morgan fingerprint density at radius 2 is 1.46 bits per heavy atom. The first-order valence-electron chi connectivity index (χ1n) is 9.06. The summed E-state index contributed by atoms with van der Waals surface area (Å²) in [4.78, 5) is 25.5. The normalized spacial score (nSPS) is 11.5. The van der Waals surface area contributed by atoms with Gasteiger partial charge >= 0.3 is 0 Å². The van der Waals surface area contributed by atoms with Gasteiger partial charge in [0.25, 0.3) is 5.91 Å². The maximum atomic E-state index is 12.9. The zero-order valence-corrected chi connectivity index (χ0v) is 15.3. The van der Waals surface area contributed by atoms with Crippen LogP contribution in [-0.2, 0) is 17.8 Å². The minimum absolute atomic E-state index is 0.109. The van der Waals surface area contributed by atoms with E-state index in [1.807, 2.05) is 36.4 Å². The van der Waals surface area contributed by atoms with Crippen molar-refractivity contribution >= 4 is 17.5 Å². The Hall–Kier alpha value is -3.44. The van der Waals surface area contributed by atoms with E-state index in [1.54, 1.807) is 48.5 Å². The first kappa shape index (κ1) is 19.3. The monoisotopic (exact) mass is 374 g/mol. The van der Waals surface area contributed by atoms with Crippen LogP contribution in [0.4, 0.5) is 5.69 Å². The van der Waals surface area contributed by atoms with Crippen molar-refractivity contribution in [3.8, 4) is 0 Å². The van der Waals surface area contributed by atoms with Gasteiger partial charge in [-0.3, -0.25) is 9.59 Å². The fourth-order valence-corrected chi connectivity index (χ4v) is 2.87. The Balaban J connectivity index is 1.78. The van der Waals surface area contributed by atoms with Crippen LogP contribution >= 0.6 is 0 Å². The fourth-order valence-electron chi connectivity index (χ4n) is 2.87. The van der Waals surface area contributed by atoms with E-state index in [0.29, 0.717) is 23.2 Å². The minimum atomic E-state index is -0.743. The molecule has 0 spiro atoms. The lowest BCUT2D eigenvalue weighted by Crippen LogP contribution is -2.45. The van der Waals surface area contributed by atoms with Gasteiger partial charge in [-0.05, 0) is 35.4 Å². The van der Waals surface area contributed by atoms with Gasteiger partial charge in [0.15, 0.2) is 0 Å². The molecule has 0 aliphatic carbocycles. The Bertz CT molecular complexity index is 927. The summed E-state index contributed by atoms with van der Waals surface area (Å²) >= 11 is 0. The molecular formula is C23H22N2O3. The van der Waals surface area contributed by atoms with Gasteiger partial charge in [0.2, 0.25) is 5.91 Å². The predicted molar refractivity (Wildman–Crippen MR) is 109 cm³/mol. The number of carbonyl (C=O) groups is 2. The molecule has 3 N–H and O–H groups in total. The second-order valence-electron chi connectivity index (χ2n) is 6.43. The van der Waals surface area contributed by atoms with Crippen molar-refractivity contribution in [2.45, 2.75) is 19.1 Å². The highest BCUT2D eigenvalue weighted by molar-refractivity contribution is 6.01. The SMILES string of the molecule is O=C(N[C@@H](Cc1ccccc1)C(=O)Nc1cccc(CO)c1)c1ccccc1. The molecule has 0 aliphatic heterocycles. The molecule has 0 saturated carbocycles. The van der Waals surface area contributed by atoms with Gasteiger partial charge in [0.05, 0.1) is 6.61 Å². The second-order valence-corrected chi connectivity index (χ2v) is 6.43. The van der Waals surface area contributed by atoms with Crippen molar-refractivity contribution in [1.82, 2.24) is 5.32 Å². The summed E-state index contributed by atoms with van der Waals surface area (Å²) in [6, 6.07) is 24.6. The van der Waals surface area contributed by atoms with Gasteiger partial charge in [0, 0.05) is 17.7 Å². The van der Waals surface area contributed by atoms with Crippen molar-refractivity contribution in [3.05, 3.63) is 102 Å². The van der Waals surface area contributed by atoms with E-state index < -0.39 is 6.04 Å². The fraction of sp³-hybridized carbons (Fsp3) is 0.130. The van der Waals surface area contributed by atoms with Crippen molar-refractivity contribution in [1.29, 1.82) is 0 Å². The number of anilines is 1. The van der Waals surface area contributed by atoms with Crippen LogP contribution in [0.25, 0.3) is 0 Å². The molecule has 0 aliphatic rings. The van der Waals surface area contributed by atoms with E-state index in [0.717, 1.165) is 5.56 Å². The summed E-state index contributed by atoms with van der Waals surface area (Å²) in [5, 5.41) is 14.9. The number of aliphatic hydroxyl groups excluding tert-OH is 1. The first-order valence-corrected chi connectivity index (χ1v) is 9.06. The van der Waals surface area contributed by atoms with Gasteiger partial charge in [-0.15, -0.1) is 0 Å². The van der Waals surface area contributed by atoms with E-state index in [1.165, 1.54) is 0 Å². The number of amides is 2. The zero-order valence-electron chi connectivity index (χ0n) is 15.3. The Morgan fingerprint density at radius 3 is 2.14 bits per heavy atom. The number of benzene rings is 3. The lowest BCUT2D eigenvalue weighted by molar-refractivity contribution is -0.118. The van der Waals surface area contributed by atoms with E-state index in [9.17, 15) is 14.7 Å². The van der Waals surface area contributed by atoms with Gasteiger partial charge in [-0.2, -0.15) is 0 Å². The lowest BCUT2D eigenvalue weighted by Gasteiger charge is -2.19. The molecule has 2 amide bonds. The van der Waals surface area contributed by atoms with Crippen molar-refractivity contribution in [2.75, 3.05) is 5.32 Å². The average Bonchev–Trinajstić information content (AvgIpc) is 2.74. The van der Waals surface area contributed by atoms with Crippen LogP contribution in [0.5, 0.6) is 0 Å². The summed E-state index contributed by atoms with van der Waals surface area (Å²) in [6.45, 7) is -0.109. The average molecular weight is 374 g/mol. The quantitative estimate of drug-likeness (QED) is 0.594. The number of carbonyl (C=O) groups excluding carboxylic acids is 2. The number of rotatable bonds is 7. The zero-order chi connectivity index (χ0) is 19.8. The summed E-state index contributed by atoms with van der Waals surface area (Å²) in [5.74, 6) is -0.621. The van der Waals surface area contributed by atoms with Gasteiger partial charge in [-0.1, -0.05) is 60.7 Å². The molecule has 5 heteroatoms. The van der Waals surface area contributed by atoms with Gasteiger partial charge in [0.1, 0.15) is 6.04 Å². The Kier molecular flexibility index (Phi) is 6.54. The third-order valence-electron chi connectivity index (χ3n) is 4.32.